The normalized spacial score (nSPS) is 14.3. The van der Waals surface area contributed by atoms with Crippen molar-refractivity contribution in [3.63, 3.8) is 0 Å². The van der Waals surface area contributed by atoms with Crippen LogP contribution in [0.4, 0.5) is 0 Å². The predicted molar refractivity (Wildman–Crippen MR) is 153 cm³/mol. The van der Waals surface area contributed by atoms with Gasteiger partial charge in [-0.25, -0.2) is 4.31 Å². The average Bonchev–Trinajstić information content (AvgIpc) is 2.83. The molecule has 12 heteroatoms. The number of aliphatic hydroxyl groups is 4. The third-order valence-corrected chi connectivity index (χ3v) is 7.87. The molecule has 2 aromatic rings. The van der Waals surface area contributed by atoms with Gasteiger partial charge in [-0.3, -0.25) is 0 Å². The SMILES string of the molecule is CC(C)(C)c1cc(CN)cc(C(C)(C)C)c1C(O)(Cc1ccccc1)C(CO)(CO)CO.OP(O)OP(O)O. The monoisotopic (exact) mass is 589 g/mol. The molecule has 1 atom stereocenters. The summed E-state index contributed by atoms with van der Waals surface area (Å²) in [6.07, 6.45) is 0.129. The molecule has 0 spiro atoms. The van der Waals surface area contributed by atoms with E-state index in [1.165, 1.54) is 0 Å². The molecule has 0 fully saturated rings. The van der Waals surface area contributed by atoms with Crippen molar-refractivity contribution >= 4 is 17.2 Å². The van der Waals surface area contributed by atoms with Crippen LogP contribution < -0.4 is 5.73 Å². The summed E-state index contributed by atoms with van der Waals surface area (Å²) in [5.74, 6) is 0. The summed E-state index contributed by atoms with van der Waals surface area (Å²) in [5.41, 5.74) is 6.23. The van der Waals surface area contributed by atoms with E-state index >= 15 is 0 Å². The molecule has 0 bridgehead atoms. The second kappa shape index (κ2) is 14.7. The Bertz CT molecular complexity index is 971. The van der Waals surface area contributed by atoms with Crippen molar-refractivity contribution in [3.8, 4) is 0 Å². The number of rotatable bonds is 10. The maximum atomic E-state index is 12.6. The molecule has 0 radical (unpaired) electrons. The summed E-state index contributed by atoms with van der Waals surface area (Å²) in [4.78, 5) is 31.3. The number of nitrogens with two attached hydrogens (primary N) is 1. The Labute approximate surface area is 233 Å². The lowest BCUT2D eigenvalue weighted by molar-refractivity contribution is -0.160. The minimum absolute atomic E-state index is 0.129. The summed E-state index contributed by atoms with van der Waals surface area (Å²) in [7, 11) is -5.22. The smallest absolute Gasteiger partial charge is 0.334 e. The van der Waals surface area contributed by atoms with Gasteiger partial charge >= 0.3 is 17.2 Å². The second-order valence-electron chi connectivity index (χ2n) is 11.6. The summed E-state index contributed by atoms with van der Waals surface area (Å²) < 4.78 is 3.60. The Balaban J connectivity index is 0.000000956. The Morgan fingerprint density at radius 3 is 1.41 bits per heavy atom. The molecule has 0 amide bonds. The lowest BCUT2D eigenvalue weighted by Crippen LogP contribution is -2.56. The van der Waals surface area contributed by atoms with Crippen LogP contribution in [0.15, 0.2) is 42.5 Å². The van der Waals surface area contributed by atoms with Crippen molar-refractivity contribution < 1.29 is 44.3 Å². The molecule has 10 nitrogen and oxygen atoms in total. The van der Waals surface area contributed by atoms with Crippen molar-refractivity contribution in [3.05, 3.63) is 70.3 Å². The van der Waals surface area contributed by atoms with Gasteiger partial charge in [-0.2, -0.15) is 0 Å². The number of benzene rings is 2. The highest BCUT2D eigenvalue weighted by Crippen LogP contribution is 2.49. The van der Waals surface area contributed by atoms with Gasteiger partial charge in [0.25, 0.3) is 0 Å². The quantitative estimate of drug-likeness (QED) is 0.186. The molecule has 0 aliphatic rings. The molecule has 1 unspecified atom stereocenters. The van der Waals surface area contributed by atoms with E-state index in [-0.39, 0.29) is 17.3 Å². The molecule has 2 rings (SSSR count). The Morgan fingerprint density at radius 2 is 1.13 bits per heavy atom. The van der Waals surface area contributed by atoms with Crippen molar-refractivity contribution in [1.82, 2.24) is 0 Å². The maximum absolute atomic E-state index is 12.6. The maximum Gasteiger partial charge on any atom is 0.334 e. The molecule has 39 heavy (non-hydrogen) atoms. The summed E-state index contributed by atoms with van der Waals surface area (Å²) in [6.45, 7) is 11.0. The van der Waals surface area contributed by atoms with Crippen LogP contribution in [0.1, 0.15) is 69.4 Å². The number of hydrogen-bond acceptors (Lipinski definition) is 10. The fraction of sp³-hybridized carbons (Fsp3) is 0.556. The predicted octanol–water partition coefficient (Wildman–Crippen LogP) is 2.56. The van der Waals surface area contributed by atoms with Gasteiger partial charge in [0, 0.05) is 13.0 Å². The zero-order valence-electron chi connectivity index (χ0n) is 23.5. The third kappa shape index (κ3) is 9.20. The molecular formula is C27H45NO9P2. The molecule has 0 saturated carbocycles. The van der Waals surface area contributed by atoms with Gasteiger partial charge < -0.3 is 45.7 Å². The van der Waals surface area contributed by atoms with Crippen LogP contribution in [0.25, 0.3) is 0 Å². The van der Waals surface area contributed by atoms with Crippen LogP contribution in [0.5, 0.6) is 0 Å². The number of hydrogen-bond donors (Lipinski definition) is 9. The molecule has 0 heterocycles. The van der Waals surface area contributed by atoms with E-state index in [1.54, 1.807) is 0 Å². The van der Waals surface area contributed by atoms with Gasteiger partial charge in [-0.1, -0.05) is 84.0 Å². The molecule has 2 aromatic carbocycles. The first-order valence-corrected chi connectivity index (χ1v) is 14.8. The van der Waals surface area contributed by atoms with Crippen LogP contribution in [0.3, 0.4) is 0 Å². The van der Waals surface area contributed by atoms with Gasteiger partial charge in [0.1, 0.15) is 5.60 Å². The van der Waals surface area contributed by atoms with Crippen molar-refractivity contribution in [1.29, 1.82) is 0 Å². The second-order valence-corrected chi connectivity index (χ2v) is 13.3. The Kier molecular flexibility index (Phi) is 13.5. The van der Waals surface area contributed by atoms with Crippen LogP contribution >= 0.6 is 17.2 Å². The van der Waals surface area contributed by atoms with Crippen molar-refractivity contribution in [2.24, 2.45) is 11.1 Å². The van der Waals surface area contributed by atoms with Crippen molar-refractivity contribution in [2.75, 3.05) is 19.8 Å². The van der Waals surface area contributed by atoms with E-state index in [0.29, 0.717) is 12.1 Å². The molecular weight excluding hydrogens is 544 g/mol. The van der Waals surface area contributed by atoms with Crippen LogP contribution in [-0.2, 0) is 33.7 Å². The minimum atomic E-state index is -2.61. The summed E-state index contributed by atoms with van der Waals surface area (Å²) in [5, 5.41) is 43.9. The number of aliphatic hydroxyl groups excluding tert-OH is 3. The highest BCUT2D eigenvalue weighted by molar-refractivity contribution is 7.53. The lowest BCUT2D eigenvalue weighted by Gasteiger charge is -2.49. The van der Waals surface area contributed by atoms with Crippen LogP contribution in [-0.4, -0.2) is 59.8 Å². The fourth-order valence-corrected chi connectivity index (χ4v) is 5.01. The molecule has 10 N–H and O–H groups in total. The third-order valence-electron chi connectivity index (χ3n) is 6.70. The van der Waals surface area contributed by atoms with E-state index in [4.69, 9.17) is 25.3 Å². The molecule has 0 saturated heterocycles. The zero-order valence-corrected chi connectivity index (χ0v) is 25.3. The van der Waals surface area contributed by atoms with Gasteiger partial charge in [0.2, 0.25) is 0 Å². The first-order chi connectivity index (χ1) is 17.9. The first kappa shape index (κ1) is 35.9. The molecule has 222 valence electrons. The highest BCUT2D eigenvalue weighted by Gasteiger charge is 2.54. The van der Waals surface area contributed by atoms with Crippen LogP contribution in [0.2, 0.25) is 0 Å². The van der Waals surface area contributed by atoms with Crippen LogP contribution in [0, 0.1) is 5.41 Å². The zero-order chi connectivity index (χ0) is 30.2. The average molecular weight is 590 g/mol. The summed E-state index contributed by atoms with van der Waals surface area (Å²) in [6, 6.07) is 13.5. The van der Waals surface area contributed by atoms with Gasteiger partial charge in [-0.15, -0.1) is 0 Å². The van der Waals surface area contributed by atoms with Gasteiger partial charge in [0.15, 0.2) is 0 Å². The lowest BCUT2D eigenvalue weighted by atomic mass is 9.60. The Hall–Kier alpha value is -1.10. The molecule has 0 aliphatic carbocycles. The molecule has 0 aromatic heterocycles. The largest absolute Gasteiger partial charge is 0.395 e. The van der Waals surface area contributed by atoms with E-state index in [1.807, 2.05) is 42.5 Å². The fourth-order valence-electron chi connectivity index (χ4n) is 4.49. The minimum Gasteiger partial charge on any atom is -0.395 e. The van der Waals surface area contributed by atoms with E-state index in [2.05, 4.69) is 45.9 Å². The standard InChI is InChI=1S/C27H41NO4.H4O5P2/c1-24(2,3)21-12-20(15-28)13-22(25(4,5)6)23(21)27(32,26(16-29,17-30)18-31)14-19-10-8-7-9-11-19;1-6(2)5-7(3)4/h7-13,29-32H,14-18,28H2,1-6H3;1-4H. The van der Waals surface area contributed by atoms with Gasteiger partial charge in [-0.05, 0) is 38.6 Å². The molecule has 0 aliphatic heterocycles. The first-order valence-electron chi connectivity index (χ1n) is 12.4. The van der Waals surface area contributed by atoms with E-state index in [0.717, 1.165) is 22.3 Å². The van der Waals surface area contributed by atoms with Gasteiger partial charge in [0.05, 0.1) is 25.2 Å². The highest BCUT2D eigenvalue weighted by atomic mass is 31.2. The Morgan fingerprint density at radius 1 is 0.718 bits per heavy atom. The van der Waals surface area contributed by atoms with Crippen molar-refractivity contribution in [2.45, 2.75) is 70.9 Å². The van der Waals surface area contributed by atoms with E-state index in [9.17, 15) is 20.4 Å². The topological polar surface area (TPSA) is 197 Å². The van der Waals surface area contributed by atoms with E-state index < -0.39 is 48.0 Å². The summed E-state index contributed by atoms with van der Waals surface area (Å²) >= 11 is 0.